The lowest BCUT2D eigenvalue weighted by Crippen LogP contribution is -2.15. The number of anilines is 1. The summed E-state index contributed by atoms with van der Waals surface area (Å²) in [6, 6.07) is -0.129. The molecule has 0 aromatic carbocycles. The molecule has 0 fully saturated rings. The Morgan fingerprint density at radius 1 is 1.63 bits per heavy atom. The summed E-state index contributed by atoms with van der Waals surface area (Å²) in [4.78, 5) is 23.1. The number of aromatic amines is 1. The first kappa shape index (κ1) is 13.1. The van der Waals surface area contributed by atoms with E-state index in [-0.39, 0.29) is 11.7 Å². The lowest BCUT2D eigenvalue weighted by Gasteiger charge is -2.15. The first-order valence-electron chi connectivity index (χ1n) is 6.04. The number of imidazole rings is 2. The molecule has 1 unspecified atom stereocenters. The van der Waals surface area contributed by atoms with E-state index >= 15 is 0 Å². The van der Waals surface area contributed by atoms with Crippen LogP contribution in [0.4, 0.5) is 5.82 Å². The topological polar surface area (TPSA) is 98.8 Å². The van der Waals surface area contributed by atoms with E-state index in [2.05, 4.69) is 19.7 Å². The summed E-state index contributed by atoms with van der Waals surface area (Å²) in [5.74, 6) is 1.25. The normalized spacial score (nSPS) is 12.4. The van der Waals surface area contributed by atoms with Crippen molar-refractivity contribution in [3.8, 4) is 0 Å². The highest BCUT2D eigenvalue weighted by Crippen LogP contribution is 2.24. The first-order valence-corrected chi connectivity index (χ1v) is 6.04. The van der Waals surface area contributed by atoms with E-state index in [0.717, 1.165) is 11.6 Å². The minimum absolute atomic E-state index is 0.129. The van der Waals surface area contributed by atoms with E-state index in [4.69, 9.17) is 5.73 Å². The van der Waals surface area contributed by atoms with E-state index in [9.17, 15) is 4.79 Å². The van der Waals surface area contributed by atoms with Crippen LogP contribution in [0, 0.1) is 0 Å². The zero-order valence-corrected chi connectivity index (χ0v) is 11.2. The number of hydrogen-bond donors (Lipinski definition) is 2. The van der Waals surface area contributed by atoms with Gasteiger partial charge < -0.3 is 20.0 Å². The average molecular weight is 263 g/mol. The average Bonchev–Trinajstić information content (AvgIpc) is 3.04. The number of methoxy groups -OCH3 is 1. The lowest BCUT2D eigenvalue weighted by molar-refractivity contribution is 0.0595. The van der Waals surface area contributed by atoms with Gasteiger partial charge in [0.2, 0.25) is 0 Å². The fraction of sp³-hybridized carbons (Fsp3) is 0.417. The maximum Gasteiger partial charge on any atom is 0.360 e. The highest BCUT2D eigenvalue weighted by molar-refractivity contribution is 5.92. The van der Waals surface area contributed by atoms with Gasteiger partial charge in [-0.2, -0.15) is 0 Å². The van der Waals surface area contributed by atoms with Crippen molar-refractivity contribution < 1.29 is 9.53 Å². The number of hydrogen-bond acceptors (Lipinski definition) is 5. The van der Waals surface area contributed by atoms with Crippen LogP contribution in [0.15, 0.2) is 12.4 Å². The van der Waals surface area contributed by atoms with Gasteiger partial charge in [-0.15, -0.1) is 0 Å². The molecule has 0 aliphatic carbocycles. The van der Waals surface area contributed by atoms with Crippen molar-refractivity contribution in [2.45, 2.75) is 26.3 Å². The van der Waals surface area contributed by atoms with Crippen LogP contribution in [-0.2, 0) is 11.2 Å². The van der Waals surface area contributed by atoms with Gasteiger partial charge in [-0.05, 0) is 6.92 Å². The predicted molar refractivity (Wildman–Crippen MR) is 69.8 cm³/mol. The molecule has 1 atom stereocenters. The third kappa shape index (κ3) is 2.18. The van der Waals surface area contributed by atoms with Gasteiger partial charge in [0, 0.05) is 18.8 Å². The molecule has 19 heavy (non-hydrogen) atoms. The van der Waals surface area contributed by atoms with Crippen LogP contribution in [0.3, 0.4) is 0 Å². The number of aryl methyl sites for hydroxylation is 1. The Labute approximate surface area is 110 Å². The highest BCUT2D eigenvalue weighted by atomic mass is 16.5. The van der Waals surface area contributed by atoms with Crippen LogP contribution in [0.25, 0.3) is 0 Å². The number of carbonyl (C=O) groups excluding carboxylic acids is 1. The lowest BCUT2D eigenvalue weighted by atomic mass is 10.3. The number of nitrogens with one attached hydrogen (secondary N) is 1. The molecule has 0 saturated heterocycles. The van der Waals surface area contributed by atoms with Crippen LogP contribution in [0.1, 0.15) is 42.0 Å². The van der Waals surface area contributed by atoms with Gasteiger partial charge in [-0.3, -0.25) is 0 Å². The summed E-state index contributed by atoms with van der Waals surface area (Å²) in [7, 11) is 1.31. The van der Waals surface area contributed by atoms with Gasteiger partial charge in [0.15, 0.2) is 5.69 Å². The summed E-state index contributed by atoms with van der Waals surface area (Å²) in [6.07, 6.45) is 4.07. The summed E-state index contributed by atoms with van der Waals surface area (Å²) in [5, 5.41) is 0. The van der Waals surface area contributed by atoms with E-state index in [1.54, 1.807) is 17.0 Å². The predicted octanol–water partition coefficient (Wildman–Crippen LogP) is 1.15. The van der Waals surface area contributed by atoms with Gasteiger partial charge in [-0.25, -0.2) is 14.8 Å². The molecular formula is C12H17N5O2. The van der Waals surface area contributed by atoms with E-state index in [1.165, 1.54) is 7.11 Å². The van der Waals surface area contributed by atoms with Crippen LogP contribution in [0.2, 0.25) is 0 Å². The van der Waals surface area contributed by atoms with Gasteiger partial charge in [0.1, 0.15) is 17.5 Å². The Hall–Kier alpha value is -2.31. The van der Waals surface area contributed by atoms with Crippen molar-refractivity contribution in [1.29, 1.82) is 0 Å². The minimum Gasteiger partial charge on any atom is -0.464 e. The number of nitrogens with two attached hydrogens (primary N) is 1. The smallest absolute Gasteiger partial charge is 0.360 e. The molecule has 0 spiro atoms. The number of nitrogen functional groups attached to an aromatic ring is 1. The molecule has 2 rings (SSSR count). The molecule has 3 N–H and O–H groups in total. The molecular weight excluding hydrogens is 246 g/mol. The van der Waals surface area contributed by atoms with E-state index in [0.29, 0.717) is 12.2 Å². The second-order valence-corrected chi connectivity index (χ2v) is 4.13. The Morgan fingerprint density at radius 3 is 2.89 bits per heavy atom. The number of nitrogens with zero attached hydrogens (tertiary/aromatic N) is 3. The zero-order valence-electron chi connectivity index (χ0n) is 11.2. The van der Waals surface area contributed by atoms with Crippen molar-refractivity contribution >= 4 is 11.8 Å². The Bertz CT molecular complexity index is 573. The zero-order chi connectivity index (χ0) is 14.0. The first-order chi connectivity index (χ1) is 9.10. The van der Waals surface area contributed by atoms with E-state index in [1.807, 2.05) is 13.8 Å². The molecule has 2 aromatic rings. The molecule has 7 nitrogen and oxygen atoms in total. The Morgan fingerprint density at radius 2 is 2.37 bits per heavy atom. The minimum atomic E-state index is -0.530. The van der Waals surface area contributed by atoms with Crippen molar-refractivity contribution in [1.82, 2.24) is 19.5 Å². The molecule has 0 aliphatic heterocycles. The standard InChI is InChI=1S/C12H17N5O2/c1-4-8-16-9(12(18)19-3)10(13)17(8)7(2)11-14-5-6-15-11/h5-7H,4,13H2,1-3H3,(H,14,15). The molecule has 0 amide bonds. The number of esters is 1. The molecule has 102 valence electrons. The Balaban J connectivity index is 2.50. The quantitative estimate of drug-likeness (QED) is 0.806. The number of H-pyrrole nitrogens is 1. The van der Waals surface area contributed by atoms with Crippen LogP contribution >= 0.6 is 0 Å². The van der Waals surface area contributed by atoms with E-state index < -0.39 is 5.97 Å². The summed E-state index contributed by atoms with van der Waals surface area (Å²) < 4.78 is 6.48. The maximum atomic E-state index is 11.6. The molecule has 0 aliphatic rings. The molecule has 2 aromatic heterocycles. The monoisotopic (exact) mass is 263 g/mol. The fourth-order valence-electron chi connectivity index (χ4n) is 2.05. The Kier molecular flexibility index (Phi) is 3.55. The van der Waals surface area contributed by atoms with Crippen molar-refractivity contribution in [3.05, 3.63) is 29.7 Å². The summed E-state index contributed by atoms with van der Waals surface area (Å²) in [5.41, 5.74) is 6.17. The molecule has 0 radical (unpaired) electrons. The molecule has 2 heterocycles. The van der Waals surface area contributed by atoms with Crippen molar-refractivity contribution in [2.24, 2.45) is 0 Å². The molecule has 7 heteroatoms. The second kappa shape index (κ2) is 5.13. The van der Waals surface area contributed by atoms with Crippen molar-refractivity contribution in [3.63, 3.8) is 0 Å². The third-order valence-corrected chi connectivity index (χ3v) is 3.02. The summed E-state index contributed by atoms with van der Waals surface area (Å²) in [6.45, 7) is 3.89. The van der Waals surface area contributed by atoms with Crippen molar-refractivity contribution in [2.75, 3.05) is 12.8 Å². The van der Waals surface area contributed by atoms with Gasteiger partial charge in [-0.1, -0.05) is 6.92 Å². The third-order valence-electron chi connectivity index (χ3n) is 3.02. The largest absolute Gasteiger partial charge is 0.464 e. The number of rotatable bonds is 4. The maximum absolute atomic E-state index is 11.6. The molecule has 0 saturated carbocycles. The van der Waals surface area contributed by atoms with Gasteiger partial charge in [0.05, 0.1) is 13.2 Å². The SMILES string of the molecule is CCc1nc(C(=O)OC)c(N)n1C(C)c1ncc[nH]1. The highest BCUT2D eigenvalue weighted by Gasteiger charge is 2.24. The van der Waals surface area contributed by atoms with Crippen LogP contribution in [0.5, 0.6) is 0 Å². The fourth-order valence-corrected chi connectivity index (χ4v) is 2.05. The number of carbonyl (C=O) groups is 1. The number of ether oxygens (including phenoxy) is 1. The summed E-state index contributed by atoms with van der Waals surface area (Å²) >= 11 is 0. The van der Waals surface area contributed by atoms with Gasteiger partial charge in [0.25, 0.3) is 0 Å². The van der Waals surface area contributed by atoms with Gasteiger partial charge >= 0.3 is 5.97 Å². The van der Waals surface area contributed by atoms with Crippen LogP contribution < -0.4 is 5.73 Å². The number of aromatic nitrogens is 4. The van der Waals surface area contributed by atoms with Crippen LogP contribution in [-0.4, -0.2) is 32.6 Å². The molecule has 0 bridgehead atoms. The second-order valence-electron chi connectivity index (χ2n) is 4.13.